The van der Waals surface area contributed by atoms with E-state index in [1.54, 1.807) is 23.1 Å². The van der Waals surface area contributed by atoms with Gasteiger partial charge in [-0.3, -0.25) is 0 Å². The molecule has 2 N–H and O–H groups in total. The van der Waals surface area contributed by atoms with Gasteiger partial charge >= 0.3 is 0 Å². The Labute approximate surface area is 95.8 Å². The molecular weight excluding hydrogens is 224 g/mol. The Kier molecular flexibility index (Phi) is 2.04. The first kappa shape index (κ1) is 9.00. The van der Waals surface area contributed by atoms with E-state index in [2.05, 4.69) is 17.1 Å². The average Bonchev–Trinajstić information content (AvgIpc) is 2.64. The molecule has 1 aliphatic heterocycles. The smallest absolute Gasteiger partial charge is 0.142 e. The van der Waals surface area contributed by atoms with Crippen molar-refractivity contribution in [1.82, 2.24) is 0 Å². The fourth-order valence-electron chi connectivity index (χ4n) is 1.50. The normalized spacial score (nSPS) is 13.7. The summed E-state index contributed by atoms with van der Waals surface area (Å²) in [5.41, 5.74) is 6.91. The fourth-order valence-corrected chi connectivity index (χ4v) is 3.48. The Balaban J connectivity index is 2.25. The van der Waals surface area contributed by atoms with Crippen molar-refractivity contribution >= 4 is 34.6 Å². The van der Waals surface area contributed by atoms with Crippen LogP contribution in [0.3, 0.4) is 0 Å². The third-order valence-corrected chi connectivity index (χ3v) is 4.38. The summed E-state index contributed by atoms with van der Waals surface area (Å²) in [7, 11) is 0. The number of benzene rings is 1. The molecule has 1 aromatic carbocycles. The number of amidine groups is 1. The standard InChI is InChI=1S/C11H8N2S2/c12-11-10-9(5-6-14-10)15-8-4-2-1-3-7(8)13-11/h1-6H,(H2,12,13). The van der Waals surface area contributed by atoms with Crippen LogP contribution in [0.25, 0.3) is 0 Å². The highest BCUT2D eigenvalue weighted by Gasteiger charge is 2.15. The number of nitrogens with two attached hydrogens (primary N) is 1. The minimum absolute atomic E-state index is 0.623. The summed E-state index contributed by atoms with van der Waals surface area (Å²) in [5, 5.41) is 2.05. The van der Waals surface area contributed by atoms with Crippen LogP contribution in [-0.4, -0.2) is 5.84 Å². The van der Waals surface area contributed by atoms with E-state index < -0.39 is 0 Å². The van der Waals surface area contributed by atoms with Gasteiger partial charge in [0.2, 0.25) is 0 Å². The van der Waals surface area contributed by atoms with E-state index in [0.717, 1.165) is 15.5 Å². The number of para-hydroxylation sites is 1. The molecule has 1 aromatic heterocycles. The molecular formula is C11H8N2S2. The number of aliphatic imine (C=N–C) groups is 1. The molecule has 2 aromatic rings. The van der Waals surface area contributed by atoms with E-state index in [4.69, 9.17) is 5.73 Å². The summed E-state index contributed by atoms with van der Waals surface area (Å²) in [5.74, 6) is 0.623. The summed E-state index contributed by atoms with van der Waals surface area (Å²) >= 11 is 3.37. The predicted octanol–water partition coefficient (Wildman–Crippen LogP) is 3.25. The van der Waals surface area contributed by atoms with Gasteiger partial charge in [-0.25, -0.2) is 4.99 Å². The number of fused-ring (bicyclic) bond motifs is 2. The second-order valence-electron chi connectivity index (χ2n) is 3.18. The average molecular weight is 232 g/mol. The third-order valence-electron chi connectivity index (χ3n) is 2.19. The summed E-state index contributed by atoms with van der Waals surface area (Å²) in [6.45, 7) is 0. The molecule has 74 valence electrons. The lowest BCUT2D eigenvalue weighted by Gasteiger charge is -1.99. The van der Waals surface area contributed by atoms with Crippen molar-refractivity contribution in [3.63, 3.8) is 0 Å². The van der Waals surface area contributed by atoms with Crippen LogP contribution in [-0.2, 0) is 0 Å². The quantitative estimate of drug-likeness (QED) is 0.757. The van der Waals surface area contributed by atoms with E-state index in [-0.39, 0.29) is 0 Å². The monoisotopic (exact) mass is 232 g/mol. The van der Waals surface area contributed by atoms with Crippen molar-refractivity contribution < 1.29 is 0 Å². The molecule has 4 heteroatoms. The van der Waals surface area contributed by atoms with Gasteiger partial charge in [0.1, 0.15) is 5.84 Å². The number of nitrogens with zero attached hydrogens (tertiary/aromatic N) is 1. The molecule has 3 rings (SSSR count). The van der Waals surface area contributed by atoms with Gasteiger partial charge in [-0.05, 0) is 23.6 Å². The minimum atomic E-state index is 0.623. The Bertz CT molecular complexity index is 543. The van der Waals surface area contributed by atoms with Crippen LogP contribution in [0.4, 0.5) is 5.69 Å². The maximum Gasteiger partial charge on any atom is 0.142 e. The van der Waals surface area contributed by atoms with Gasteiger partial charge in [0.15, 0.2) is 0 Å². The Morgan fingerprint density at radius 2 is 1.93 bits per heavy atom. The number of hydrogen-bond acceptors (Lipinski definition) is 4. The van der Waals surface area contributed by atoms with Crippen molar-refractivity contribution in [2.75, 3.05) is 0 Å². The molecule has 15 heavy (non-hydrogen) atoms. The van der Waals surface area contributed by atoms with E-state index in [1.165, 1.54) is 4.90 Å². The van der Waals surface area contributed by atoms with Crippen molar-refractivity contribution in [2.45, 2.75) is 9.79 Å². The largest absolute Gasteiger partial charge is 0.382 e. The van der Waals surface area contributed by atoms with E-state index in [1.807, 2.05) is 23.6 Å². The van der Waals surface area contributed by atoms with Crippen molar-refractivity contribution in [2.24, 2.45) is 10.7 Å². The first-order valence-electron chi connectivity index (χ1n) is 4.53. The zero-order chi connectivity index (χ0) is 10.3. The Morgan fingerprint density at radius 1 is 1.07 bits per heavy atom. The summed E-state index contributed by atoms with van der Waals surface area (Å²) in [6, 6.07) is 10.2. The lowest BCUT2D eigenvalue weighted by molar-refractivity contribution is 1.37. The summed E-state index contributed by atoms with van der Waals surface area (Å²) < 4.78 is 0. The SMILES string of the molecule is NC1=Nc2ccccc2Sc2ccsc21. The highest BCUT2D eigenvalue weighted by atomic mass is 32.2. The maximum atomic E-state index is 5.95. The molecule has 0 radical (unpaired) electrons. The van der Waals surface area contributed by atoms with Crippen molar-refractivity contribution in [3.05, 3.63) is 40.6 Å². The molecule has 0 bridgehead atoms. The van der Waals surface area contributed by atoms with E-state index in [9.17, 15) is 0 Å². The predicted molar refractivity (Wildman–Crippen MR) is 65.3 cm³/mol. The van der Waals surface area contributed by atoms with Gasteiger partial charge in [-0.15, -0.1) is 11.3 Å². The molecule has 0 amide bonds. The minimum Gasteiger partial charge on any atom is -0.382 e. The number of thiophene rings is 1. The lowest BCUT2D eigenvalue weighted by atomic mass is 10.3. The molecule has 0 saturated heterocycles. The van der Waals surface area contributed by atoms with Crippen LogP contribution < -0.4 is 5.73 Å². The van der Waals surface area contributed by atoms with E-state index in [0.29, 0.717) is 5.84 Å². The van der Waals surface area contributed by atoms with Crippen LogP contribution >= 0.6 is 23.1 Å². The molecule has 0 atom stereocenters. The molecule has 1 aliphatic rings. The Morgan fingerprint density at radius 3 is 2.87 bits per heavy atom. The molecule has 0 spiro atoms. The van der Waals surface area contributed by atoms with Crippen LogP contribution in [0.15, 0.2) is 50.5 Å². The highest BCUT2D eigenvalue weighted by molar-refractivity contribution is 7.99. The topological polar surface area (TPSA) is 38.4 Å². The highest BCUT2D eigenvalue weighted by Crippen LogP contribution is 2.41. The second kappa shape index (κ2) is 3.40. The van der Waals surface area contributed by atoms with Gasteiger partial charge in [0, 0.05) is 9.79 Å². The molecule has 0 aliphatic carbocycles. The van der Waals surface area contributed by atoms with Crippen LogP contribution in [0.5, 0.6) is 0 Å². The molecule has 2 nitrogen and oxygen atoms in total. The number of hydrogen-bond donors (Lipinski definition) is 1. The molecule has 0 fully saturated rings. The zero-order valence-corrected chi connectivity index (χ0v) is 9.44. The zero-order valence-electron chi connectivity index (χ0n) is 7.81. The van der Waals surface area contributed by atoms with Gasteiger partial charge in [-0.2, -0.15) is 0 Å². The van der Waals surface area contributed by atoms with Gasteiger partial charge in [0.25, 0.3) is 0 Å². The van der Waals surface area contributed by atoms with Gasteiger partial charge in [-0.1, -0.05) is 23.9 Å². The Hall–Kier alpha value is -1.26. The fraction of sp³-hybridized carbons (Fsp3) is 0. The molecule has 2 heterocycles. The van der Waals surface area contributed by atoms with E-state index >= 15 is 0 Å². The first-order chi connectivity index (χ1) is 7.34. The van der Waals surface area contributed by atoms with Gasteiger partial charge in [0.05, 0.1) is 10.6 Å². The van der Waals surface area contributed by atoms with Crippen molar-refractivity contribution in [3.8, 4) is 0 Å². The van der Waals surface area contributed by atoms with Crippen molar-refractivity contribution in [1.29, 1.82) is 0 Å². The van der Waals surface area contributed by atoms with Gasteiger partial charge < -0.3 is 5.73 Å². The maximum absolute atomic E-state index is 5.95. The van der Waals surface area contributed by atoms with Crippen LogP contribution in [0.2, 0.25) is 0 Å². The molecule has 0 saturated carbocycles. The lowest BCUT2D eigenvalue weighted by Crippen LogP contribution is -2.10. The second-order valence-corrected chi connectivity index (χ2v) is 5.18. The summed E-state index contributed by atoms with van der Waals surface area (Å²) in [4.78, 5) is 7.88. The molecule has 0 unspecified atom stereocenters. The summed E-state index contributed by atoms with van der Waals surface area (Å²) in [6.07, 6.45) is 0. The van der Waals surface area contributed by atoms with Crippen LogP contribution in [0.1, 0.15) is 4.88 Å². The first-order valence-corrected chi connectivity index (χ1v) is 6.23. The third kappa shape index (κ3) is 1.46. The number of rotatable bonds is 0. The van der Waals surface area contributed by atoms with Crippen LogP contribution in [0, 0.1) is 0 Å².